The van der Waals surface area contributed by atoms with Crippen LogP contribution in [0.2, 0.25) is 0 Å². The SMILES string of the molecule is [N-]=C(C(=[C-]c1ccccc1)C(O)c1cccnc1)c1ccc(OC(F)(F)F)cc1.[U+2]. The summed E-state index contributed by atoms with van der Waals surface area (Å²) >= 11 is 0. The van der Waals surface area contributed by atoms with Gasteiger partial charge in [-0.25, -0.2) is 5.71 Å². The molecule has 0 aliphatic rings. The molecule has 0 radical (unpaired) electrons. The zero-order valence-corrected chi connectivity index (χ0v) is 19.6. The standard InChI is InChI=1S/C22H15F3N2O2.U/c23-22(24,25)29-18-10-8-16(9-11-18)20(26)19(13-15-5-2-1-3-6-15)21(28)17-7-4-12-27-14-17;/h1-12,14,21,28H;/q-2;+2. The van der Waals surface area contributed by atoms with E-state index >= 15 is 0 Å². The Morgan fingerprint density at radius 2 is 1.67 bits per heavy atom. The van der Waals surface area contributed by atoms with Crippen LogP contribution >= 0.6 is 0 Å². The van der Waals surface area contributed by atoms with E-state index in [1.54, 1.807) is 42.6 Å². The van der Waals surface area contributed by atoms with Crippen LogP contribution in [0.4, 0.5) is 13.2 Å². The number of nitrogens with zero attached hydrogens (tertiary/aromatic N) is 2. The Morgan fingerprint density at radius 1 is 1.00 bits per heavy atom. The number of rotatable bonds is 6. The third-order valence-corrected chi connectivity index (χ3v) is 3.94. The second kappa shape index (κ2) is 10.6. The van der Waals surface area contributed by atoms with E-state index in [1.165, 1.54) is 18.3 Å². The summed E-state index contributed by atoms with van der Waals surface area (Å²) in [6.45, 7) is 0. The molecule has 0 fully saturated rings. The molecule has 8 heteroatoms. The van der Waals surface area contributed by atoms with E-state index in [1.807, 2.05) is 6.07 Å². The molecule has 3 rings (SSSR count). The van der Waals surface area contributed by atoms with E-state index in [-0.39, 0.29) is 48.0 Å². The fourth-order valence-corrected chi connectivity index (χ4v) is 2.61. The van der Waals surface area contributed by atoms with Gasteiger partial charge in [0.25, 0.3) is 0 Å². The maximum atomic E-state index is 12.3. The van der Waals surface area contributed by atoms with Crippen molar-refractivity contribution in [2.24, 2.45) is 0 Å². The minimum absolute atomic E-state index is 0. The Hall–Kier alpha value is -2.40. The van der Waals surface area contributed by atoms with Crippen LogP contribution < -0.4 is 4.74 Å². The van der Waals surface area contributed by atoms with Crippen LogP contribution in [-0.2, 0) is 0 Å². The molecule has 0 bridgehead atoms. The van der Waals surface area contributed by atoms with Gasteiger partial charge in [0.2, 0.25) is 0 Å². The molecule has 1 unspecified atom stereocenters. The number of alkyl halides is 3. The summed E-state index contributed by atoms with van der Waals surface area (Å²) < 4.78 is 40.8. The number of halogens is 3. The van der Waals surface area contributed by atoms with Gasteiger partial charge >= 0.3 is 37.5 Å². The first-order valence-electron chi connectivity index (χ1n) is 8.53. The van der Waals surface area contributed by atoms with Gasteiger partial charge < -0.3 is 15.3 Å². The molecule has 30 heavy (non-hydrogen) atoms. The van der Waals surface area contributed by atoms with Crippen molar-refractivity contribution < 1.29 is 54.1 Å². The molecule has 0 amide bonds. The summed E-state index contributed by atoms with van der Waals surface area (Å²) in [5.74, 6) is -0.417. The summed E-state index contributed by atoms with van der Waals surface area (Å²) in [4.78, 5) is 3.96. The van der Waals surface area contributed by atoms with Crippen LogP contribution in [0.3, 0.4) is 0 Å². The van der Waals surface area contributed by atoms with Gasteiger partial charge in [-0.3, -0.25) is 4.98 Å². The predicted molar refractivity (Wildman–Crippen MR) is 102 cm³/mol. The van der Waals surface area contributed by atoms with Crippen molar-refractivity contribution >= 4 is 5.71 Å². The predicted octanol–water partition coefficient (Wildman–Crippen LogP) is 4.85. The topological polar surface area (TPSA) is 64.7 Å². The van der Waals surface area contributed by atoms with Crippen LogP contribution in [0.15, 0.2) is 84.7 Å². The van der Waals surface area contributed by atoms with Gasteiger partial charge in [-0.15, -0.1) is 54.6 Å². The van der Waals surface area contributed by atoms with Gasteiger partial charge in [-0.1, -0.05) is 29.8 Å². The zero-order valence-electron chi connectivity index (χ0n) is 15.5. The molecule has 1 heterocycles. The molecular weight excluding hydrogens is 619 g/mol. The second-order valence-corrected chi connectivity index (χ2v) is 6.01. The molecule has 0 saturated carbocycles. The van der Waals surface area contributed by atoms with E-state index in [2.05, 4.69) is 15.8 Å². The third-order valence-electron chi connectivity index (χ3n) is 3.94. The average Bonchev–Trinajstić information content (AvgIpc) is 2.72. The van der Waals surface area contributed by atoms with Crippen molar-refractivity contribution in [3.8, 4) is 5.75 Å². The first kappa shape index (κ1) is 23.9. The largest absolute Gasteiger partial charge is 2.00 e. The van der Waals surface area contributed by atoms with Crippen molar-refractivity contribution in [1.29, 1.82) is 0 Å². The molecule has 0 aliphatic heterocycles. The first-order valence-corrected chi connectivity index (χ1v) is 8.53. The number of hydrogen-bond donors (Lipinski definition) is 1. The van der Waals surface area contributed by atoms with Crippen LogP contribution in [-0.4, -0.2) is 22.2 Å². The van der Waals surface area contributed by atoms with Gasteiger partial charge in [-0.05, 0) is 18.2 Å². The molecule has 1 N–H and O–H groups in total. The number of hydrogen-bond acceptors (Lipinski definition) is 3. The number of ether oxygens (including phenoxy) is 1. The van der Waals surface area contributed by atoms with Crippen LogP contribution in [0.25, 0.3) is 5.41 Å². The molecule has 3 aromatic rings. The smallest absolute Gasteiger partial charge is 0.854 e. The van der Waals surface area contributed by atoms with Gasteiger partial charge in [0, 0.05) is 18.0 Å². The molecule has 1 aromatic heterocycles. The fraction of sp³-hybridized carbons (Fsp3) is 0.0909. The van der Waals surface area contributed by atoms with E-state index in [4.69, 9.17) is 0 Å². The van der Waals surface area contributed by atoms with Crippen molar-refractivity contribution in [1.82, 2.24) is 4.98 Å². The monoisotopic (exact) mass is 634 g/mol. The summed E-state index contributed by atoms with van der Waals surface area (Å²) in [5, 5.41) is 21.6. The quantitative estimate of drug-likeness (QED) is 0.312. The summed E-state index contributed by atoms with van der Waals surface area (Å²) in [6.07, 6.45) is -0.101. The Bertz CT molecular complexity index is 992. The Labute approximate surface area is 195 Å². The maximum Gasteiger partial charge on any atom is 2.00 e. The van der Waals surface area contributed by atoms with Gasteiger partial charge in [0.05, 0.1) is 6.10 Å². The van der Waals surface area contributed by atoms with Crippen molar-refractivity contribution in [3.05, 3.63) is 113 Å². The average molecular weight is 634 g/mol. The summed E-state index contributed by atoms with van der Waals surface area (Å²) in [7, 11) is 0. The Kier molecular flexibility index (Phi) is 8.42. The molecule has 0 saturated heterocycles. The normalized spacial score (nSPS) is 12.6. The Balaban J connectivity index is 0.00000320. The number of aliphatic hydroxyl groups excluding tert-OH is 1. The number of pyridine rings is 1. The van der Waals surface area contributed by atoms with Gasteiger partial charge in [0.15, 0.2) is 0 Å². The zero-order chi connectivity index (χ0) is 20.9. The molecule has 0 aliphatic carbocycles. The third kappa shape index (κ3) is 6.56. The minimum Gasteiger partial charge on any atom is -0.854 e. The van der Waals surface area contributed by atoms with Crippen molar-refractivity contribution in [2.75, 3.05) is 0 Å². The molecule has 4 nitrogen and oxygen atoms in total. The Morgan fingerprint density at radius 3 is 2.23 bits per heavy atom. The molecule has 150 valence electrons. The van der Waals surface area contributed by atoms with Crippen LogP contribution in [0, 0.1) is 37.2 Å². The fourth-order valence-electron chi connectivity index (χ4n) is 2.61. The van der Waals surface area contributed by atoms with Crippen LogP contribution in [0.1, 0.15) is 22.8 Å². The van der Waals surface area contributed by atoms with E-state index in [9.17, 15) is 23.7 Å². The van der Waals surface area contributed by atoms with E-state index in [0.717, 1.165) is 12.1 Å². The summed E-state index contributed by atoms with van der Waals surface area (Å²) in [5.41, 5.74) is 0.946. The minimum atomic E-state index is -4.81. The van der Waals surface area contributed by atoms with Crippen LogP contribution in [0.5, 0.6) is 5.75 Å². The molecule has 2 aromatic carbocycles. The van der Waals surface area contributed by atoms with Gasteiger partial charge in [-0.2, -0.15) is 0 Å². The van der Waals surface area contributed by atoms with E-state index in [0.29, 0.717) is 11.1 Å². The molecule has 0 spiro atoms. The molecule has 1 atom stereocenters. The van der Waals surface area contributed by atoms with Gasteiger partial charge in [0.1, 0.15) is 5.75 Å². The molecular formula is C22H15F3N2O2U. The number of aliphatic hydroxyl groups is 1. The number of benzene rings is 2. The number of aromatic nitrogens is 1. The van der Waals surface area contributed by atoms with Crippen molar-refractivity contribution in [2.45, 2.75) is 12.5 Å². The summed E-state index contributed by atoms with van der Waals surface area (Å²) in [6, 6.07) is 16.8. The van der Waals surface area contributed by atoms with Crippen molar-refractivity contribution in [3.63, 3.8) is 0 Å². The first-order chi connectivity index (χ1) is 13.8. The van der Waals surface area contributed by atoms with E-state index < -0.39 is 18.2 Å². The second-order valence-electron chi connectivity index (χ2n) is 6.01. The maximum absolute atomic E-state index is 12.3.